The summed E-state index contributed by atoms with van der Waals surface area (Å²) in [6.45, 7) is 0. The summed E-state index contributed by atoms with van der Waals surface area (Å²) in [5.74, 6) is -0.107. The van der Waals surface area contributed by atoms with Gasteiger partial charge in [0.25, 0.3) is 0 Å². The van der Waals surface area contributed by atoms with Gasteiger partial charge < -0.3 is 4.42 Å². The monoisotopic (exact) mass is 388 g/mol. The van der Waals surface area contributed by atoms with Crippen LogP contribution in [0.1, 0.15) is 11.3 Å². The van der Waals surface area contributed by atoms with E-state index in [0.717, 1.165) is 4.47 Å². The number of nitriles is 1. The summed E-state index contributed by atoms with van der Waals surface area (Å²) in [6, 6.07) is 8.48. The first-order chi connectivity index (χ1) is 11.0. The van der Waals surface area contributed by atoms with E-state index in [1.54, 1.807) is 18.2 Å². The van der Waals surface area contributed by atoms with Gasteiger partial charge >= 0.3 is 0 Å². The number of ketones is 1. The fourth-order valence-corrected chi connectivity index (χ4v) is 2.74. The van der Waals surface area contributed by atoms with E-state index >= 15 is 0 Å². The number of hydrogen-bond acceptors (Lipinski definition) is 6. The number of halogens is 1. The fourth-order valence-electron chi connectivity index (χ4n) is 2.26. The van der Waals surface area contributed by atoms with Crippen molar-refractivity contribution in [3.63, 3.8) is 0 Å². The largest absolute Gasteiger partial charge is 0.437 e. The molecule has 2 heterocycles. The topological polar surface area (TPSA) is 84.0 Å². The Morgan fingerprint density at radius 3 is 2.83 bits per heavy atom. The summed E-state index contributed by atoms with van der Waals surface area (Å²) in [6.07, 6.45) is -0.0234. The maximum absolute atomic E-state index is 12.6. The van der Waals surface area contributed by atoms with Crippen molar-refractivity contribution in [1.29, 1.82) is 5.26 Å². The molecule has 0 saturated carbocycles. The second-order valence-corrected chi connectivity index (χ2v) is 6.12. The normalized spacial score (nSPS) is 10.8. The number of carbonyl (C=O) groups excluding carboxylic acids is 1. The molecule has 0 radical (unpaired) electrons. The van der Waals surface area contributed by atoms with E-state index in [9.17, 15) is 14.9 Å². The number of rotatable bonds is 3. The zero-order chi connectivity index (χ0) is 16.6. The molecule has 0 saturated heterocycles. The number of hydrogen-bond donors (Lipinski definition) is 1. The third kappa shape index (κ3) is 2.87. The summed E-state index contributed by atoms with van der Waals surface area (Å²) in [5, 5.41) is 9.87. The molecule has 0 N–H and O–H groups in total. The zero-order valence-corrected chi connectivity index (χ0v) is 14.1. The lowest BCUT2D eigenvalue weighted by Crippen LogP contribution is -2.10. The van der Waals surface area contributed by atoms with Crippen molar-refractivity contribution in [3.05, 3.63) is 50.2 Å². The number of fused-ring (bicyclic) bond motifs is 2. The molecule has 7 heteroatoms. The highest BCUT2D eigenvalue weighted by Crippen LogP contribution is 2.22. The van der Waals surface area contributed by atoms with Crippen molar-refractivity contribution in [2.24, 2.45) is 0 Å². The molecule has 1 aromatic carbocycles. The average molecular weight is 389 g/mol. The second-order valence-electron chi connectivity index (χ2n) is 4.89. The predicted octanol–water partition coefficient (Wildman–Crippen LogP) is 3.02. The Bertz CT molecular complexity index is 1050. The number of carbonyl (C=O) groups is 1. The van der Waals surface area contributed by atoms with E-state index in [0.29, 0.717) is 16.7 Å². The Labute approximate surface area is 144 Å². The highest BCUT2D eigenvalue weighted by Gasteiger charge is 2.15. The van der Waals surface area contributed by atoms with Crippen LogP contribution in [0.15, 0.2) is 37.9 Å². The summed E-state index contributed by atoms with van der Waals surface area (Å²) in [7, 11) is 0. The number of thiol groups is 1. The van der Waals surface area contributed by atoms with Gasteiger partial charge in [0, 0.05) is 10.2 Å². The second kappa shape index (κ2) is 6.14. The van der Waals surface area contributed by atoms with Crippen LogP contribution in [-0.4, -0.2) is 16.5 Å². The highest BCUT2D eigenvalue weighted by atomic mass is 79.9. The molecule has 0 aliphatic carbocycles. The van der Waals surface area contributed by atoms with Crippen LogP contribution < -0.4 is 5.43 Å². The summed E-state index contributed by atoms with van der Waals surface area (Å²) in [5.41, 5.74) is 0.728. The third-order valence-corrected chi connectivity index (χ3v) is 4.21. The summed E-state index contributed by atoms with van der Waals surface area (Å²) in [4.78, 5) is 28.4. The van der Waals surface area contributed by atoms with Gasteiger partial charge in [0.2, 0.25) is 11.1 Å². The molecule has 0 aliphatic heterocycles. The zero-order valence-electron chi connectivity index (χ0n) is 11.7. The number of benzene rings is 1. The number of pyridine rings is 1. The van der Waals surface area contributed by atoms with Crippen molar-refractivity contribution >= 4 is 56.4 Å². The molecule has 3 rings (SSSR count). The van der Waals surface area contributed by atoms with E-state index < -0.39 is 0 Å². The number of nitrogens with zero attached hydrogens (tertiary/aromatic N) is 2. The first-order valence-electron chi connectivity index (χ1n) is 6.62. The van der Waals surface area contributed by atoms with Crippen LogP contribution >= 0.6 is 28.6 Å². The van der Waals surface area contributed by atoms with Crippen LogP contribution in [0.5, 0.6) is 0 Å². The molecule has 0 spiro atoms. The van der Waals surface area contributed by atoms with Crippen LogP contribution in [0.2, 0.25) is 0 Å². The quantitative estimate of drug-likeness (QED) is 0.550. The van der Waals surface area contributed by atoms with Gasteiger partial charge in [-0.1, -0.05) is 15.9 Å². The fraction of sp³-hybridized carbons (Fsp3) is 0.125. The van der Waals surface area contributed by atoms with E-state index in [4.69, 9.17) is 4.42 Å². The van der Waals surface area contributed by atoms with E-state index in [-0.39, 0.29) is 40.0 Å². The van der Waals surface area contributed by atoms with E-state index in [1.807, 2.05) is 6.07 Å². The third-order valence-electron chi connectivity index (χ3n) is 3.37. The Hall–Kier alpha value is -2.17. The maximum atomic E-state index is 12.6. The molecule has 2 aromatic heterocycles. The van der Waals surface area contributed by atoms with Gasteiger partial charge in [-0.05, 0) is 24.3 Å². The van der Waals surface area contributed by atoms with Crippen molar-refractivity contribution in [1.82, 2.24) is 4.98 Å². The summed E-state index contributed by atoms with van der Waals surface area (Å²) < 4.78 is 6.42. The van der Waals surface area contributed by atoms with Gasteiger partial charge in [-0.25, -0.2) is 4.98 Å². The first-order valence-corrected chi connectivity index (χ1v) is 8.04. The molecule has 0 fully saturated rings. The molecule has 23 heavy (non-hydrogen) atoms. The SMILES string of the molecule is N#Cc1cc2c(=O)c3cc(Br)ccc3oc2nc1CC(=O)CS. The molecule has 0 atom stereocenters. The van der Waals surface area contributed by atoms with Crippen LogP contribution in [-0.2, 0) is 11.2 Å². The smallest absolute Gasteiger partial charge is 0.230 e. The molecular formula is C16H9BrN2O3S. The van der Waals surface area contributed by atoms with Crippen LogP contribution in [0, 0.1) is 11.3 Å². The number of aromatic nitrogens is 1. The van der Waals surface area contributed by atoms with E-state index in [2.05, 4.69) is 33.5 Å². The lowest BCUT2D eigenvalue weighted by atomic mass is 10.1. The van der Waals surface area contributed by atoms with E-state index in [1.165, 1.54) is 6.07 Å². The molecule has 114 valence electrons. The molecule has 0 unspecified atom stereocenters. The first kappa shape index (κ1) is 15.7. The van der Waals surface area contributed by atoms with Gasteiger partial charge in [0.15, 0.2) is 0 Å². The van der Waals surface area contributed by atoms with Gasteiger partial charge in [-0.3, -0.25) is 9.59 Å². The highest BCUT2D eigenvalue weighted by molar-refractivity contribution is 9.10. The summed E-state index contributed by atoms with van der Waals surface area (Å²) >= 11 is 7.23. The van der Waals surface area contributed by atoms with Crippen molar-refractivity contribution < 1.29 is 9.21 Å². The van der Waals surface area contributed by atoms with Gasteiger partial charge in [-0.15, -0.1) is 0 Å². The molecule has 3 aromatic rings. The average Bonchev–Trinajstić information content (AvgIpc) is 2.55. The predicted molar refractivity (Wildman–Crippen MR) is 92.8 cm³/mol. The van der Waals surface area contributed by atoms with Crippen molar-refractivity contribution in [2.45, 2.75) is 6.42 Å². The Balaban J connectivity index is 2.33. The lowest BCUT2D eigenvalue weighted by Gasteiger charge is -2.05. The maximum Gasteiger partial charge on any atom is 0.230 e. The van der Waals surface area contributed by atoms with Crippen molar-refractivity contribution in [2.75, 3.05) is 5.75 Å². The minimum absolute atomic E-state index is 0.0234. The van der Waals surface area contributed by atoms with Crippen molar-refractivity contribution in [3.8, 4) is 6.07 Å². The Morgan fingerprint density at radius 1 is 1.35 bits per heavy atom. The molecule has 5 nitrogen and oxygen atoms in total. The van der Waals surface area contributed by atoms with Gasteiger partial charge in [-0.2, -0.15) is 17.9 Å². The lowest BCUT2D eigenvalue weighted by molar-refractivity contribution is -0.116. The molecule has 0 bridgehead atoms. The minimum Gasteiger partial charge on any atom is -0.437 e. The molecule has 0 aliphatic rings. The van der Waals surface area contributed by atoms with Gasteiger partial charge in [0.05, 0.1) is 28.5 Å². The van der Waals surface area contributed by atoms with Crippen LogP contribution in [0.25, 0.3) is 22.1 Å². The van der Waals surface area contributed by atoms with Crippen LogP contribution in [0.3, 0.4) is 0 Å². The van der Waals surface area contributed by atoms with Crippen LogP contribution in [0.4, 0.5) is 0 Å². The van der Waals surface area contributed by atoms with Gasteiger partial charge in [0.1, 0.15) is 17.4 Å². The molecule has 0 amide bonds. The molecular weight excluding hydrogens is 380 g/mol. The standard InChI is InChI=1S/C16H9BrN2O3S/c17-9-1-2-14-11(4-9)15(21)12-3-8(6-18)13(5-10(20)7-23)19-16(12)22-14/h1-4,23H,5,7H2. The minimum atomic E-state index is -0.265. The number of Topliss-reactive ketones (excluding diaryl/α,β-unsaturated/α-hetero) is 1. The Kier molecular flexibility index (Phi) is 4.20. The Morgan fingerprint density at radius 2 is 2.13 bits per heavy atom.